The molecule has 0 saturated carbocycles. The van der Waals surface area contributed by atoms with Crippen LogP contribution in [0.25, 0.3) is 0 Å². The Kier molecular flexibility index (Phi) is 8.40. The third-order valence-electron chi connectivity index (χ3n) is 5.82. The number of urea groups is 1. The van der Waals surface area contributed by atoms with Crippen LogP contribution in [0.2, 0.25) is 0 Å². The maximum absolute atomic E-state index is 13.1. The molecule has 4 aromatic rings. The van der Waals surface area contributed by atoms with E-state index in [9.17, 15) is 23.1 Å². The van der Waals surface area contributed by atoms with Gasteiger partial charge in [-0.2, -0.15) is 0 Å². The first kappa shape index (κ1) is 26.4. The van der Waals surface area contributed by atoms with Crippen LogP contribution in [-0.2, 0) is 27.8 Å². The van der Waals surface area contributed by atoms with E-state index in [0.717, 1.165) is 5.56 Å². The molecule has 0 heterocycles. The second-order valence-electron chi connectivity index (χ2n) is 8.63. The SMILES string of the molecule is O=C(NCc1ccccc1)Nc1cccc(S(=O)(=O)Nc2cccc(CC(C(=O)O)c3ccccc3)c2)c1. The van der Waals surface area contributed by atoms with Crippen molar-refractivity contribution in [2.75, 3.05) is 10.0 Å². The van der Waals surface area contributed by atoms with E-state index in [4.69, 9.17) is 0 Å². The minimum atomic E-state index is -3.98. The van der Waals surface area contributed by atoms with Crippen molar-refractivity contribution in [1.82, 2.24) is 5.32 Å². The molecule has 1 unspecified atom stereocenters. The first-order valence-corrected chi connectivity index (χ1v) is 13.4. The number of hydrogen-bond donors (Lipinski definition) is 4. The number of carbonyl (C=O) groups excluding carboxylic acids is 1. The van der Waals surface area contributed by atoms with Gasteiger partial charge >= 0.3 is 12.0 Å². The Morgan fingerprint density at radius 3 is 2.08 bits per heavy atom. The number of aliphatic carboxylic acids is 1. The molecule has 4 N–H and O–H groups in total. The minimum Gasteiger partial charge on any atom is -0.481 e. The number of carbonyl (C=O) groups is 2. The predicted molar refractivity (Wildman–Crippen MR) is 147 cm³/mol. The molecule has 0 aliphatic heterocycles. The molecule has 9 heteroatoms. The summed E-state index contributed by atoms with van der Waals surface area (Å²) in [5.41, 5.74) is 2.90. The van der Waals surface area contributed by atoms with Crippen molar-refractivity contribution in [2.45, 2.75) is 23.8 Å². The lowest BCUT2D eigenvalue weighted by Crippen LogP contribution is -2.28. The fraction of sp³-hybridized carbons (Fsp3) is 0.103. The van der Waals surface area contributed by atoms with Crippen molar-refractivity contribution in [3.63, 3.8) is 0 Å². The first-order valence-electron chi connectivity index (χ1n) is 11.9. The van der Waals surface area contributed by atoms with E-state index in [2.05, 4.69) is 15.4 Å². The highest BCUT2D eigenvalue weighted by Gasteiger charge is 2.21. The van der Waals surface area contributed by atoms with Crippen LogP contribution < -0.4 is 15.4 Å². The van der Waals surface area contributed by atoms with E-state index >= 15 is 0 Å². The van der Waals surface area contributed by atoms with E-state index in [1.165, 1.54) is 18.2 Å². The molecule has 0 aliphatic carbocycles. The zero-order valence-electron chi connectivity index (χ0n) is 20.4. The Morgan fingerprint density at radius 1 is 0.737 bits per heavy atom. The van der Waals surface area contributed by atoms with E-state index in [-0.39, 0.29) is 11.3 Å². The number of benzene rings is 4. The lowest BCUT2D eigenvalue weighted by Gasteiger charge is -2.14. The molecule has 0 fully saturated rings. The summed E-state index contributed by atoms with van der Waals surface area (Å²) < 4.78 is 28.7. The van der Waals surface area contributed by atoms with Crippen LogP contribution in [0.1, 0.15) is 22.6 Å². The van der Waals surface area contributed by atoms with Gasteiger partial charge in [0.1, 0.15) is 0 Å². The number of rotatable bonds is 10. The number of sulfonamides is 1. The Labute approximate surface area is 221 Å². The van der Waals surface area contributed by atoms with Crippen molar-refractivity contribution in [3.8, 4) is 0 Å². The van der Waals surface area contributed by atoms with Gasteiger partial charge in [-0.25, -0.2) is 13.2 Å². The largest absolute Gasteiger partial charge is 0.481 e. The third-order valence-corrected chi connectivity index (χ3v) is 7.20. The van der Waals surface area contributed by atoms with E-state index in [1.54, 1.807) is 54.6 Å². The highest BCUT2D eigenvalue weighted by Crippen LogP contribution is 2.25. The fourth-order valence-electron chi connectivity index (χ4n) is 3.94. The Hall–Kier alpha value is -4.63. The summed E-state index contributed by atoms with van der Waals surface area (Å²) in [6.45, 7) is 0.329. The lowest BCUT2D eigenvalue weighted by atomic mass is 9.92. The van der Waals surface area contributed by atoms with Gasteiger partial charge in [0.25, 0.3) is 10.0 Å². The molecule has 4 rings (SSSR count). The topological polar surface area (TPSA) is 125 Å². The summed E-state index contributed by atoms with van der Waals surface area (Å²) in [4.78, 5) is 24.1. The van der Waals surface area contributed by atoms with Crippen molar-refractivity contribution >= 4 is 33.4 Å². The molecule has 38 heavy (non-hydrogen) atoms. The van der Waals surface area contributed by atoms with Gasteiger partial charge in [-0.05, 0) is 53.4 Å². The van der Waals surface area contributed by atoms with Crippen LogP contribution >= 0.6 is 0 Å². The molecule has 0 saturated heterocycles. The van der Waals surface area contributed by atoms with Crippen LogP contribution in [0.15, 0.2) is 114 Å². The van der Waals surface area contributed by atoms with Gasteiger partial charge < -0.3 is 15.7 Å². The molecular weight excluding hydrogens is 502 g/mol. The van der Waals surface area contributed by atoms with Gasteiger partial charge in [-0.1, -0.05) is 78.9 Å². The van der Waals surface area contributed by atoms with E-state index in [1.807, 2.05) is 36.4 Å². The summed E-state index contributed by atoms with van der Waals surface area (Å²) in [7, 11) is -3.98. The van der Waals surface area contributed by atoms with Gasteiger partial charge in [0.15, 0.2) is 0 Å². The van der Waals surface area contributed by atoms with Crippen LogP contribution in [0, 0.1) is 0 Å². The van der Waals surface area contributed by atoms with Crippen molar-refractivity contribution in [1.29, 1.82) is 0 Å². The maximum Gasteiger partial charge on any atom is 0.319 e. The molecule has 1 atom stereocenters. The van der Waals surface area contributed by atoms with E-state index in [0.29, 0.717) is 29.0 Å². The molecule has 8 nitrogen and oxygen atoms in total. The molecule has 194 valence electrons. The van der Waals surface area contributed by atoms with Crippen LogP contribution in [0.5, 0.6) is 0 Å². The van der Waals surface area contributed by atoms with Crippen LogP contribution in [0.4, 0.5) is 16.2 Å². The fourth-order valence-corrected chi connectivity index (χ4v) is 5.03. The van der Waals surface area contributed by atoms with Gasteiger partial charge in [-0.3, -0.25) is 9.52 Å². The quantitative estimate of drug-likeness (QED) is 0.224. The van der Waals surface area contributed by atoms with Crippen LogP contribution in [0.3, 0.4) is 0 Å². The first-order chi connectivity index (χ1) is 18.3. The number of hydrogen-bond acceptors (Lipinski definition) is 4. The van der Waals surface area contributed by atoms with Crippen molar-refractivity contribution in [3.05, 3.63) is 126 Å². The second-order valence-corrected chi connectivity index (χ2v) is 10.3. The van der Waals surface area contributed by atoms with Gasteiger partial charge in [0.2, 0.25) is 0 Å². The highest BCUT2D eigenvalue weighted by molar-refractivity contribution is 7.92. The molecule has 0 aliphatic rings. The second kappa shape index (κ2) is 12.1. The van der Waals surface area contributed by atoms with Gasteiger partial charge in [0.05, 0.1) is 10.8 Å². The smallest absolute Gasteiger partial charge is 0.319 e. The zero-order valence-corrected chi connectivity index (χ0v) is 21.2. The normalized spacial score (nSPS) is 11.8. The number of carboxylic acid groups (broad SMARTS) is 1. The number of anilines is 2. The van der Waals surface area contributed by atoms with Gasteiger partial charge in [0, 0.05) is 17.9 Å². The number of nitrogens with one attached hydrogen (secondary N) is 3. The summed E-state index contributed by atoms with van der Waals surface area (Å²) >= 11 is 0. The minimum absolute atomic E-state index is 0.0311. The summed E-state index contributed by atoms with van der Waals surface area (Å²) in [6.07, 6.45) is 0.201. The molecule has 2 amide bonds. The molecular formula is C29H27N3O5S. The summed E-state index contributed by atoms with van der Waals surface area (Å²) in [5.74, 6) is -1.72. The Balaban J connectivity index is 1.43. The molecule has 0 radical (unpaired) electrons. The predicted octanol–water partition coefficient (Wildman–Crippen LogP) is 5.22. The Morgan fingerprint density at radius 2 is 1.37 bits per heavy atom. The Bertz CT molecular complexity index is 1510. The molecule has 4 aromatic carbocycles. The average Bonchev–Trinajstić information content (AvgIpc) is 2.92. The monoisotopic (exact) mass is 529 g/mol. The number of carboxylic acids is 1. The molecule has 0 bridgehead atoms. The maximum atomic E-state index is 13.1. The molecule has 0 spiro atoms. The third kappa shape index (κ3) is 7.21. The summed E-state index contributed by atoms with van der Waals surface area (Å²) in [5, 5.41) is 15.1. The van der Waals surface area contributed by atoms with E-state index < -0.39 is 27.9 Å². The highest BCUT2D eigenvalue weighted by atomic mass is 32.2. The lowest BCUT2D eigenvalue weighted by molar-refractivity contribution is -0.138. The standard InChI is InChI=1S/C29H27N3O5S/c33-28(34)27(23-12-5-2-6-13-23)18-22-11-7-15-25(17-22)32-38(36,37)26-16-8-14-24(19-26)31-29(35)30-20-21-9-3-1-4-10-21/h1-17,19,27,32H,18,20H2,(H,33,34)(H2,30,31,35). The van der Waals surface area contributed by atoms with Crippen molar-refractivity contribution in [2.24, 2.45) is 0 Å². The number of amides is 2. The van der Waals surface area contributed by atoms with Gasteiger partial charge in [-0.15, -0.1) is 0 Å². The van der Waals surface area contributed by atoms with Crippen molar-refractivity contribution < 1.29 is 23.1 Å². The van der Waals surface area contributed by atoms with Crippen LogP contribution in [-0.4, -0.2) is 25.5 Å². The zero-order chi connectivity index (χ0) is 27.0. The molecule has 0 aromatic heterocycles. The summed E-state index contributed by atoms with van der Waals surface area (Å²) in [6, 6.07) is 30.4. The average molecular weight is 530 g/mol.